The fourth-order valence-corrected chi connectivity index (χ4v) is 3.02. The molecule has 5 heteroatoms. The zero-order valence-electron chi connectivity index (χ0n) is 11.1. The second-order valence-electron chi connectivity index (χ2n) is 5.11. The number of unbranched alkanes of at least 4 members (excludes halogenated alkanes) is 2. The number of rotatable bonds is 7. The Bertz CT molecular complexity index is 221. The Morgan fingerprint density at radius 1 is 1.17 bits per heavy atom. The predicted octanol–water partition coefficient (Wildman–Crippen LogP) is 4.23. The monoisotopic (exact) mass is 283 g/mol. The van der Waals surface area contributed by atoms with Crippen LogP contribution in [0.15, 0.2) is 0 Å². The molecule has 0 aromatic rings. The van der Waals surface area contributed by atoms with Crippen molar-refractivity contribution >= 4 is 11.8 Å². The minimum Gasteiger partial charge on any atom is -0.314 e. The first-order valence-corrected chi connectivity index (χ1v) is 8.22. The van der Waals surface area contributed by atoms with Crippen molar-refractivity contribution in [2.24, 2.45) is 5.92 Å². The summed E-state index contributed by atoms with van der Waals surface area (Å²) in [6.07, 6.45) is 3.74. The van der Waals surface area contributed by atoms with Crippen LogP contribution in [0.25, 0.3) is 0 Å². The molecule has 0 amide bonds. The lowest BCUT2D eigenvalue weighted by molar-refractivity contribution is -0.183. The molecule has 0 aliphatic heterocycles. The number of nitrogens with one attached hydrogen (secondary N) is 1. The van der Waals surface area contributed by atoms with Crippen LogP contribution in [0.3, 0.4) is 0 Å². The Morgan fingerprint density at radius 3 is 2.61 bits per heavy atom. The maximum absolute atomic E-state index is 12.6. The van der Waals surface area contributed by atoms with Gasteiger partial charge in [-0.25, -0.2) is 0 Å². The summed E-state index contributed by atoms with van der Waals surface area (Å²) in [6, 6.07) is 0.0749. The smallest absolute Gasteiger partial charge is 0.314 e. The van der Waals surface area contributed by atoms with Crippen LogP contribution in [0.2, 0.25) is 0 Å². The van der Waals surface area contributed by atoms with Crippen LogP contribution < -0.4 is 5.32 Å². The summed E-state index contributed by atoms with van der Waals surface area (Å²) in [5.74, 6) is 0.0970. The first-order chi connectivity index (χ1) is 8.54. The number of hydrogen-bond acceptors (Lipinski definition) is 2. The van der Waals surface area contributed by atoms with Crippen molar-refractivity contribution in [3.05, 3.63) is 0 Å². The molecular formula is C13H24F3NS. The molecule has 2 unspecified atom stereocenters. The molecule has 0 bridgehead atoms. The van der Waals surface area contributed by atoms with E-state index in [9.17, 15) is 13.2 Å². The van der Waals surface area contributed by atoms with Crippen LogP contribution in [0.4, 0.5) is 13.2 Å². The van der Waals surface area contributed by atoms with Gasteiger partial charge in [-0.2, -0.15) is 24.9 Å². The van der Waals surface area contributed by atoms with Crippen LogP contribution in [0, 0.1) is 5.92 Å². The van der Waals surface area contributed by atoms with Crippen molar-refractivity contribution in [3.63, 3.8) is 0 Å². The Hall–Kier alpha value is 0.100. The third kappa shape index (κ3) is 6.32. The van der Waals surface area contributed by atoms with Gasteiger partial charge in [-0.15, -0.1) is 0 Å². The van der Waals surface area contributed by atoms with Gasteiger partial charge in [0.25, 0.3) is 0 Å². The third-order valence-electron chi connectivity index (χ3n) is 3.60. The van der Waals surface area contributed by atoms with Gasteiger partial charge in [0.15, 0.2) is 0 Å². The van der Waals surface area contributed by atoms with E-state index in [1.165, 1.54) is 18.6 Å². The van der Waals surface area contributed by atoms with Gasteiger partial charge in [-0.1, -0.05) is 12.8 Å². The van der Waals surface area contributed by atoms with Crippen molar-refractivity contribution in [1.29, 1.82) is 0 Å². The third-order valence-corrected chi connectivity index (χ3v) is 4.29. The van der Waals surface area contributed by atoms with E-state index in [1.807, 2.05) is 11.8 Å². The fourth-order valence-electron chi connectivity index (χ4n) is 2.53. The van der Waals surface area contributed by atoms with Gasteiger partial charge in [-0.05, 0) is 50.7 Å². The highest BCUT2D eigenvalue weighted by molar-refractivity contribution is 7.98. The Morgan fingerprint density at radius 2 is 1.94 bits per heavy atom. The Kier molecular flexibility index (Phi) is 7.46. The van der Waals surface area contributed by atoms with Crippen molar-refractivity contribution in [2.45, 2.75) is 57.2 Å². The molecule has 0 radical (unpaired) electrons. The molecule has 1 N–H and O–H groups in total. The summed E-state index contributed by atoms with van der Waals surface area (Å²) in [4.78, 5) is 0. The van der Waals surface area contributed by atoms with E-state index in [0.29, 0.717) is 12.8 Å². The SMILES string of the molecule is CSCCCCCNC1CCCC(C(F)(F)F)C1. The highest BCUT2D eigenvalue weighted by atomic mass is 32.2. The van der Waals surface area contributed by atoms with Crippen molar-refractivity contribution in [3.8, 4) is 0 Å². The standard InChI is InChI=1S/C13H24F3NS/c1-18-9-4-2-3-8-17-12-7-5-6-11(10-12)13(14,15)16/h11-12,17H,2-10H2,1H3. The lowest BCUT2D eigenvalue weighted by Crippen LogP contribution is -2.39. The summed E-state index contributed by atoms with van der Waals surface area (Å²) in [5.41, 5.74) is 0. The van der Waals surface area contributed by atoms with Crippen molar-refractivity contribution < 1.29 is 13.2 Å². The van der Waals surface area contributed by atoms with Gasteiger partial charge in [0.1, 0.15) is 0 Å². The van der Waals surface area contributed by atoms with Crippen LogP contribution in [0.1, 0.15) is 44.9 Å². The predicted molar refractivity (Wildman–Crippen MR) is 72.0 cm³/mol. The van der Waals surface area contributed by atoms with Gasteiger partial charge in [0.2, 0.25) is 0 Å². The van der Waals surface area contributed by atoms with Crippen molar-refractivity contribution in [1.82, 2.24) is 5.32 Å². The number of thioether (sulfide) groups is 1. The molecule has 1 nitrogen and oxygen atoms in total. The molecule has 108 valence electrons. The first kappa shape index (κ1) is 16.2. The maximum Gasteiger partial charge on any atom is 0.391 e. The van der Waals surface area contributed by atoms with Crippen LogP contribution >= 0.6 is 11.8 Å². The molecule has 2 atom stereocenters. The Balaban J connectivity index is 2.11. The Labute approximate surface area is 112 Å². The van der Waals surface area contributed by atoms with Gasteiger partial charge >= 0.3 is 6.18 Å². The van der Waals surface area contributed by atoms with E-state index in [4.69, 9.17) is 0 Å². The van der Waals surface area contributed by atoms with E-state index in [1.54, 1.807) is 0 Å². The number of alkyl halides is 3. The maximum atomic E-state index is 12.6. The van der Waals surface area contributed by atoms with Gasteiger partial charge in [-0.3, -0.25) is 0 Å². The fraction of sp³-hybridized carbons (Fsp3) is 1.00. The zero-order valence-corrected chi connectivity index (χ0v) is 11.9. The lowest BCUT2D eigenvalue weighted by Gasteiger charge is -2.31. The molecule has 0 saturated heterocycles. The summed E-state index contributed by atoms with van der Waals surface area (Å²) < 4.78 is 37.8. The molecule has 1 fully saturated rings. The minimum atomic E-state index is -4.00. The van der Waals surface area contributed by atoms with E-state index in [-0.39, 0.29) is 12.5 Å². The molecule has 0 aromatic carbocycles. The van der Waals surface area contributed by atoms with E-state index >= 15 is 0 Å². The van der Waals surface area contributed by atoms with E-state index < -0.39 is 12.1 Å². The molecule has 1 aliphatic carbocycles. The molecule has 0 spiro atoms. The van der Waals surface area contributed by atoms with Gasteiger partial charge in [0, 0.05) is 6.04 Å². The minimum absolute atomic E-state index is 0.0749. The average molecular weight is 283 g/mol. The quantitative estimate of drug-likeness (QED) is 0.702. The summed E-state index contributed by atoms with van der Waals surface area (Å²) >= 11 is 1.85. The van der Waals surface area contributed by atoms with E-state index in [0.717, 1.165) is 19.4 Å². The second kappa shape index (κ2) is 8.31. The van der Waals surface area contributed by atoms with Crippen molar-refractivity contribution in [2.75, 3.05) is 18.6 Å². The molecule has 1 rings (SSSR count). The average Bonchev–Trinajstić information content (AvgIpc) is 2.33. The summed E-state index contributed by atoms with van der Waals surface area (Å²) in [5, 5.41) is 3.29. The zero-order chi connectivity index (χ0) is 13.4. The molecule has 0 aromatic heterocycles. The summed E-state index contributed by atoms with van der Waals surface area (Å²) in [6.45, 7) is 0.865. The molecule has 1 aliphatic rings. The van der Waals surface area contributed by atoms with Crippen LogP contribution in [-0.4, -0.2) is 30.8 Å². The largest absolute Gasteiger partial charge is 0.391 e. The van der Waals surface area contributed by atoms with E-state index in [2.05, 4.69) is 11.6 Å². The van der Waals surface area contributed by atoms with Crippen LogP contribution in [-0.2, 0) is 0 Å². The topological polar surface area (TPSA) is 12.0 Å². The second-order valence-corrected chi connectivity index (χ2v) is 6.10. The highest BCUT2D eigenvalue weighted by Gasteiger charge is 2.41. The molecule has 0 heterocycles. The van der Waals surface area contributed by atoms with Crippen LogP contribution in [0.5, 0.6) is 0 Å². The number of halogens is 3. The molecular weight excluding hydrogens is 259 g/mol. The molecule has 1 saturated carbocycles. The normalized spacial score (nSPS) is 25.3. The van der Waals surface area contributed by atoms with Gasteiger partial charge in [0.05, 0.1) is 5.92 Å². The molecule has 18 heavy (non-hydrogen) atoms. The number of hydrogen-bond donors (Lipinski definition) is 1. The lowest BCUT2D eigenvalue weighted by atomic mass is 9.85. The van der Waals surface area contributed by atoms with Gasteiger partial charge < -0.3 is 5.32 Å². The first-order valence-electron chi connectivity index (χ1n) is 6.83. The summed E-state index contributed by atoms with van der Waals surface area (Å²) in [7, 11) is 0. The highest BCUT2D eigenvalue weighted by Crippen LogP contribution is 2.37.